The minimum absolute atomic E-state index is 0.0385. The second kappa shape index (κ2) is 7.22. The van der Waals surface area contributed by atoms with Crippen molar-refractivity contribution in [1.82, 2.24) is 0 Å². The molecule has 0 radical (unpaired) electrons. The lowest BCUT2D eigenvalue weighted by atomic mass is 9.40. The Hall–Kier alpha value is -1.74. The van der Waals surface area contributed by atoms with Crippen molar-refractivity contribution in [3.8, 4) is 0 Å². The smallest absolute Gasteiger partial charge is 0.335 e. The quantitative estimate of drug-likeness (QED) is 0.628. The summed E-state index contributed by atoms with van der Waals surface area (Å²) in [5.41, 5.74) is -1.60. The number of hydrogen-bond donors (Lipinski definition) is 1. The molecule has 8 nitrogen and oxygen atoms in total. The van der Waals surface area contributed by atoms with E-state index in [0.29, 0.717) is 6.42 Å². The maximum atomic E-state index is 12.6. The Balaban J connectivity index is 1.30. The van der Waals surface area contributed by atoms with E-state index in [1.807, 2.05) is 13.0 Å². The van der Waals surface area contributed by atoms with Crippen LogP contribution in [0.3, 0.4) is 0 Å². The largest absolute Gasteiger partial charge is 0.465 e. The van der Waals surface area contributed by atoms with Gasteiger partial charge in [-0.25, -0.2) is 4.79 Å². The first-order valence-electron chi connectivity index (χ1n) is 13.5. The number of ether oxygens (including phenoxy) is 4. The average Bonchev–Trinajstić information content (AvgIpc) is 3.08. The summed E-state index contributed by atoms with van der Waals surface area (Å²) in [6.45, 7) is 5.78. The van der Waals surface area contributed by atoms with Crippen molar-refractivity contribution in [2.45, 2.75) is 107 Å². The van der Waals surface area contributed by atoms with Crippen LogP contribution in [-0.4, -0.2) is 47.1 Å². The van der Waals surface area contributed by atoms with E-state index >= 15 is 0 Å². The van der Waals surface area contributed by atoms with Crippen LogP contribution in [0.4, 0.5) is 0 Å². The number of aliphatic hydroxyl groups is 1. The van der Waals surface area contributed by atoms with E-state index in [0.717, 1.165) is 50.5 Å². The fourth-order valence-corrected chi connectivity index (χ4v) is 10.1. The average molecular weight is 501 g/mol. The van der Waals surface area contributed by atoms with E-state index in [4.69, 9.17) is 23.4 Å². The maximum Gasteiger partial charge on any atom is 0.335 e. The van der Waals surface area contributed by atoms with Crippen LogP contribution < -0.4 is 5.63 Å². The predicted octanol–water partition coefficient (Wildman–Crippen LogP) is 3.64. The third-order valence-electron chi connectivity index (χ3n) is 11.4. The summed E-state index contributed by atoms with van der Waals surface area (Å²) in [5.74, 6) is -1.11. The summed E-state index contributed by atoms with van der Waals surface area (Å²) in [4.78, 5) is 23.7. The van der Waals surface area contributed by atoms with Crippen LogP contribution in [0.25, 0.3) is 0 Å². The van der Waals surface area contributed by atoms with Crippen molar-refractivity contribution in [3.05, 3.63) is 34.4 Å². The Labute approximate surface area is 210 Å². The Morgan fingerprint density at radius 1 is 1.11 bits per heavy atom. The van der Waals surface area contributed by atoms with Gasteiger partial charge in [-0.05, 0) is 67.9 Å². The minimum atomic E-state index is -1.06. The van der Waals surface area contributed by atoms with Gasteiger partial charge in [0.2, 0.25) is 0 Å². The highest BCUT2D eigenvalue weighted by Crippen LogP contribution is 2.74. The topological polar surface area (TPSA) is 104 Å². The number of rotatable bonds is 3. The van der Waals surface area contributed by atoms with Crippen LogP contribution in [0, 0.1) is 22.7 Å². The monoisotopic (exact) mass is 500 g/mol. The molecule has 8 rings (SSSR count). The first-order chi connectivity index (χ1) is 17.0. The van der Waals surface area contributed by atoms with Crippen molar-refractivity contribution < 1.29 is 33.3 Å². The molecule has 10 atom stereocenters. The lowest BCUT2D eigenvalue weighted by Crippen LogP contribution is -2.81. The normalized spacial score (nSPS) is 52.4. The van der Waals surface area contributed by atoms with Gasteiger partial charge in [0.25, 0.3) is 5.97 Å². The number of esters is 1. The zero-order chi connectivity index (χ0) is 25.1. The molecule has 1 aromatic rings. The van der Waals surface area contributed by atoms with Crippen molar-refractivity contribution >= 4 is 5.97 Å². The fraction of sp³-hybridized carbons (Fsp3) is 0.786. The fourth-order valence-electron chi connectivity index (χ4n) is 10.1. The molecule has 10 unspecified atom stereocenters. The van der Waals surface area contributed by atoms with E-state index in [-0.39, 0.29) is 53.6 Å². The van der Waals surface area contributed by atoms with Crippen LogP contribution in [0.2, 0.25) is 0 Å². The highest BCUT2D eigenvalue weighted by Gasteiger charge is 2.79. The molecule has 1 aromatic heterocycles. The van der Waals surface area contributed by atoms with Gasteiger partial charge >= 0.3 is 11.6 Å². The molecule has 1 N–H and O–H groups in total. The highest BCUT2D eigenvalue weighted by molar-refractivity contribution is 5.66. The minimum Gasteiger partial charge on any atom is -0.465 e. The van der Waals surface area contributed by atoms with E-state index in [9.17, 15) is 14.7 Å². The van der Waals surface area contributed by atoms with E-state index in [2.05, 4.69) is 6.92 Å². The highest BCUT2D eigenvalue weighted by atomic mass is 16.9. The Bertz CT molecular complexity index is 1140. The number of carbonyl (C=O) groups excluding carboxylic acids is 1. The van der Waals surface area contributed by atoms with Gasteiger partial charge in [0.05, 0.1) is 35.1 Å². The van der Waals surface area contributed by atoms with Crippen LogP contribution >= 0.6 is 0 Å². The van der Waals surface area contributed by atoms with Crippen molar-refractivity contribution in [1.29, 1.82) is 0 Å². The van der Waals surface area contributed by atoms with Gasteiger partial charge in [-0.15, -0.1) is 0 Å². The second-order valence-corrected chi connectivity index (χ2v) is 12.7. The Morgan fingerprint density at radius 3 is 2.64 bits per heavy atom. The molecule has 3 saturated heterocycles. The van der Waals surface area contributed by atoms with Gasteiger partial charge in [-0.1, -0.05) is 6.92 Å². The Morgan fingerprint density at radius 2 is 1.92 bits per heavy atom. The van der Waals surface area contributed by atoms with Crippen LogP contribution in [0.1, 0.15) is 83.6 Å². The molecule has 0 aromatic carbocycles. The first kappa shape index (κ1) is 23.4. The van der Waals surface area contributed by atoms with Gasteiger partial charge in [0, 0.05) is 38.2 Å². The maximum absolute atomic E-state index is 12.6. The molecular formula is C28H36O8. The number of carbonyl (C=O) groups is 1. The third kappa shape index (κ3) is 2.74. The van der Waals surface area contributed by atoms with Gasteiger partial charge in [0.15, 0.2) is 0 Å². The second-order valence-electron chi connectivity index (χ2n) is 12.7. The van der Waals surface area contributed by atoms with Gasteiger partial charge in [0.1, 0.15) is 6.61 Å². The SMILES string of the molecule is CC(=O)OCC12C3CC4CC1(CCC1C2CCC2(C)C(c5ccc(=O)oc5)CCC12O)OC(C)(O4)O3. The molecule has 4 bridgehead atoms. The van der Waals surface area contributed by atoms with Gasteiger partial charge in [-0.3, -0.25) is 4.79 Å². The van der Waals surface area contributed by atoms with Crippen LogP contribution in [0.5, 0.6) is 0 Å². The summed E-state index contributed by atoms with van der Waals surface area (Å²) in [6.07, 6.45) is 7.93. The molecule has 7 fully saturated rings. The molecule has 4 saturated carbocycles. The standard InChI is InChI=1S/C28H36O8/c1-16(29)33-15-27-20-6-9-24(2)19(17-4-5-23(30)32-14-17)8-11-28(24,31)21(20)7-10-26(27)13-18-12-22(27)35-25(3,34-18)36-26/h4-5,14,18-22,31H,6-13,15H2,1-3H3. The first-order valence-corrected chi connectivity index (χ1v) is 13.5. The molecule has 3 aliphatic heterocycles. The van der Waals surface area contributed by atoms with Crippen molar-refractivity contribution in [3.63, 3.8) is 0 Å². The van der Waals surface area contributed by atoms with Crippen molar-refractivity contribution in [2.24, 2.45) is 22.7 Å². The predicted molar refractivity (Wildman–Crippen MR) is 126 cm³/mol. The summed E-state index contributed by atoms with van der Waals surface area (Å²) in [5, 5.41) is 12.6. The molecule has 8 heteroatoms. The third-order valence-corrected chi connectivity index (χ3v) is 11.4. The lowest BCUT2D eigenvalue weighted by Gasteiger charge is -2.74. The molecular weight excluding hydrogens is 464 g/mol. The molecule has 1 spiro atoms. The molecule has 196 valence electrons. The molecule has 4 aliphatic carbocycles. The van der Waals surface area contributed by atoms with E-state index in [1.54, 1.807) is 6.26 Å². The van der Waals surface area contributed by atoms with E-state index < -0.39 is 22.6 Å². The molecule has 7 aliphatic rings. The molecule has 0 amide bonds. The van der Waals surface area contributed by atoms with Gasteiger partial charge < -0.3 is 28.5 Å². The number of hydrogen-bond acceptors (Lipinski definition) is 8. The molecule has 36 heavy (non-hydrogen) atoms. The number of fused-ring (bicyclic) bond motifs is 3. The summed E-state index contributed by atoms with van der Waals surface area (Å²) >= 11 is 0. The van der Waals surface area contributed by atoms with Gasteiger partial charge in [-0.2, -0.15) is 0 Å². The van der Waals surface area contributed by atoms with Crippen molar-refractivity contribution in [2.75, 3.05) is 6.61 Å². The lowest BCUT2D eigenvalue weighted by molar-refractivity contribution is -0.552. The summed E-state index contributed by atoms with van der Waals surface area (Å²) < 4.78 is 30.3. The van der Waals surface area contributed by atoms with E-state index in [1.165, 1.54) is 13.0 Å². The van der Waals surface area contributed by atoms with Crippen LogP contribution in [0.15, 0.2) is 27.6 Å². The zero-order valence-corrected chi connectivity index (χ0v) is 21.3. The summed E-state index contributed by atoms with van der Waals surface area (Å²) in [7, 11) is 0. The molecule has 4 heterocycles. The zero-order valence-electron chi connectivity index (χ0n) is 21.3. The summed E-state index contributed by atoms with van der Waals surface area (Å²) in [6, 6.07) is 3.34. The van der Waals surface area contributed by atoms with Crippen LogP contribution in [-0.2, 0) is 23.7 Å². The Kier molecular flexibility index (Phi) is 4.69.